The van der Waals surface area contributed by atoms with Gasteiger partial charge in [0.15, 0.2) is 0 Å². The summed E-state index contributed by atoms with van der Waals surface area (Å²) in [6.45, 7) is 8.61. The monoisotopic (exact) mass is 482 g/mol. The second-order valence-electron chi connectivity index (χ2n) is 8.78. The molecule has 9 heteroatoms. The van der Waals surface area contributed by atoms with Gasteiger partial charge in [0.2, 0.25) is 11.4 Å². The average molecular weight is 483 g/mol. The highest BCUT2D eigenvalue weighted by Crippen LogP contribution is 2.65. The summed E-state index contributed by atoms with van der Waals surface area (Å²) < 4.78 is 4.69. The molecular formula is C24H14N6S3. The van der Waals surface area contributed by atoms with E-state index < -0.39 is 5.41 Å². The molecule has 0 aromatic carbocycles. The van der Waals surface area contributed by atoms with Crippen molar-refractivity contribution in [2.24, 2.45) is 15.4 Å². The van der Waals surface area contributed by atoms with E-state index in [4.69, 9.17) is 10.5 Å². The van der Waals surface area contributed by atoms with Crippen LogP contribution >= 0.6 is 34.0 Å². The highest BCUT2D eigenvalue weighted by Gasteiger charge is 2.50. The van der Waals surface area contributed by atoms with Crippen LogP contribution in [-0.2, 0) is 5.41 Å². The van der Waals surface area contributed by atoms with Gasteiger partial charge in [-0.15, -0.1) is 34.0 Å². The van der Waals surface area contributed by atoms with Crippen LogP contribution < -0.4 is 0 Å². The van der Waals surface area contributed by atoms with Gasteiger partial charge in [-0.25, -0.2) is 9.98 Å². The van der Waals surface area contributed by atoms with Crippen molar-refractivity contribution in [1.29, 1.82) is 21.0 Å². The van der Waals surface area contributed by atoms with Gasteiger partial charge in [0.05, 0.1) is 19.8 Å². The van der Waals surface area contributed by atoms with E-state index in [0.29, 0.717) is 5.00 Å². The summed E-state index contributed by atoms with van der Waals surface area (Å²) in [7, 11) is 0. The maximum atomic E-state index is 9.19. The molecule has 158 valence electrons. The summed E-state index contributed by atoms with van der Waals surface area (Å²) >= 11 is 4.97. The summed E-state index contributed by atoms with van der Waals surface area (Å²) in [5, 5.41) is 37.1. The number of hydrogen-bond donors (Lipinski definition) is 0. The lowest BCUT2D eigenvalue weighted by atomic mass is 9.82. The molecule has 0 radical (unpaired) electrons. The number of rotatable bonds is 2. The molecule has 3 heterocycles. The Hall–Kier alpha value is -3.60. The number of nitriles is 4. The first-order valence-corrected chi connectivity index (χ1v) is 12.4. The minimum atomic E-state index is -0.428. The summed E-state index contributed by atoms with van der Waals surface area (Å²) in [5.74, 6) is 0. The van der Waals surface area contributed by atoms with Gasteiger partial charge in [-0.1, -0.05) is 27.7 Å². The quantitative estimate of drug-likeness (QED) is 0.375. The number of thiophene rings is 3. The van der Waals surface area contributed by atoms with Crippen molar-refractivity contribution in [1.82, 2.24) is 0 Å². The van der Waals surface area contributed by atoms with Gasteiger partial charge >= 0.3 is 0 Å². The van der Waals surface area contributed by atoms with Crippen LogP contribution in [0.5, 0.6) is 0 Å². The Kier molecular flexibility index (Phi) is 4.47. The van der Waals surface area contributed by atoms with Crippen molar-refractivity contribution < 1.29 is 0 Å². The molecule has 0 atom stereocenters. The van der Waals surface area contributed by atoms with E-state index in [1.165, 1.54) is 42.3 Å². The molecule has 0 bridgehead atoms. The Morgan fingerprint density at radius 1 is 0.788 bits per heavy atom. The first-order chi connectivity index (χ1) is 15.7. The van der Waals surface area contributed by atoms with Crippen molar-refractivity contribution in [3.8, 4) is 24.3 Å². The highest BCUT2D eigenvalue weighted by molar-refractivity contribution is 7.40. The molecule has 3 aromatic rings. The van der Waals surface area contributed by atoms with E-state index in [1.807, 2.05) is 30.3 Å². The van der Waals surface area contributed by atoms with Crippen molar-refractivity contribution in [3.05, 3.63) is 33.9 Å². The van der Waals surface area contributed by atoms with Crippen LogP contribution in [0.4, 0.5) is 5.00 Å². The third-order valence-electron chi connectivity index (χ3n) is 6.19. The Morgan fingerprint density at radius 2 is 1.42 bits per heavy atom. The van der Waals surface area contributed by atoms with Crippen LogP contribution in [-0.4, -0.2) is 11.4 Å². The standard InChI is InChI=1S/C24H14N6S3/c1-23(2)13-5-15(29-11(7-25)8-26)24(3,4)17(13)20-18(23)21-22(33-20)19-14(31-21)6-16(32-19)30-12(9-27)10-28/h5-6H,1-4H3. The smallest absolute Gasteiger partial charge is 0.219 e. The van der Waals surface area contributed by atoms with E-state index in [2.05, 4.69) is 43.8 Å². The van der Waals surface area contributed by atoms with Crippen molar-refractivity contribution >= 4 is 74.8 Å². The summed E-state index contributed by atoms with van der Waals surface area (Å²) in [6.07, 6.45) is 2.05. The molecule has 5 rings (SSSR count). The lowest BCUT2D eigenvalue weighted by molar-refractivity contribution is 0.607. The number of nitrogens with zero attached hydrogens (tertiary/aromatic N) is 6. The van der Waals surface area contributed by atoms with E-state index in [-0.39, 0.29) is 16.8 Å². The van der Waals surface area contributed by atoms with Crippen molar-refractivity contribution in [2.45, 2.75) is 33.1 Å². The van der Waals surface area contributed by atoms with Gasteiger partial charge in [-0.3, -0.25) is 0 Å². The number of allylic oxidation sites excluding steroid dienone is 3. The fraction of sp³-hybridized carbons (Fsp3) is 0.250. The number of fused-ring (bicyclic) bond motifs is 6. The molecule has 6 nitrogen and oxygen atoms in total. The Bertz CT molecular complexity index is 1670. The first kappa shape index (κ1) is 21.3. The van der Waals surface area contributed by atoms with Crippen molar-refractivity contribution in [2.75, 3.05) is 0 Å². The Balaban J connectivity index is 1.69. The fourth-order valence-corrected chi connectivity index (χ4v) is 9.27. The second kappa shape index (κ2) is 6.95. The van der Waals surface area contributed by atoms with E-state index in [1.54, 1.807) is 22.7 Å². The van der Waals surface area contributed by atoms with Gasteiger partial charge in [0.25, 0.3) is 0 Å². The third-order valence-corrected chi connectivity index (χ3v) is 10.00. The first-order valence-electron chi connectivity index (χ1n) is 9.92. The van der Waals surface area contributed by atoms with Gasteiger partial charge < -0.3 is 0 Å². The van der Waals surface area contributed by atoms with E-state index in [0.717, 1.165) is 15.1 Å². The van der Waals surface area contributed by atoms with Crippen LogP contribution in [0.2, 0.25) is 0 Å². The SMILES string of the molecule is CC1(C)C(N=C(C#N)C#N)=CC2=C1c1sc3c(sc4cc(N=C(C#N)C#N)sc43)c1C2(C)C. The molecule has 0 aliphatic heterocycles. The molecule has 0 spiro atoms. The Morgan fingerprint density at radius 3 is 2.06 bits per heavy atom. The molecule has 33 heavy (non-hydrogen) atoms. The van der Waals surface area contributed by atoms with Crippen LogP contribution in [0.1, 0.15) is 38.1 Å². The minimum absolute atomic E-state index is 0.136. The van der Waals surface area contributed by atoms with Gasteiger partial charge in [-0.05, 0) is 28.9 Å². The maximum absolute atomic E-state index is 9.19. The molecule has 0 fully saturated rings. The number of aliphatic imine (C=N–C) groups is 2. The average Bonchev–Trinajstić information content (AvgIpc) is 3.51. The van der Waals surface area contributed by atoms with Crippen LogP contribution in [0.15, 0.2) is 33.4 Å². The third kappa shape index (κ3) is 2.78. The van der Waals surface area contributed by atoms with Crippen molar-refractivity contribution in [3.63, 3.8) is 0 Å². The molecule has 2 aliphatic carbocycles. The summed E-state index contributed by atoms with van der Waals surface area (Å²) in [4.78, 5) is 9.78. The van der Waals surface area contributed by atoms with Crippen LogP contribution in [0.3, 0.4) is 0 Å². The Labute approximate surface area is 202 Å². The lowest BCUT2D eigenvalue weighted by Gasteiger charge is -2.23. The van der Waals surface area contributed by atoms with Crippen LogP contribution in [0.25, 0.3) is 24.4 Å². The van der Waals surface area contributed by atoms with Gasteiger partial charge in [-0.2, -0.15) is 21.0 Å². The molecule has 0 amide bonds. The zero-order chi connectivity index (χ0) is 23.7. The van der Waals surface area contributed by atoms with Gasteiger partial charge in [0.1, 0.15) is 29.3 Å². The van der Waals surface area contributed by atoms with E-state index >= 15 is 0 Å². The molecule has 0 saturated carbocycles. The molecule has 0 saturated heterocycles. The summed E-state index contributed by atoms with van der Waals surface area (Å²) in [5.41, 5.74) is 3.51. The predicted molar refractivity (Wildman–Crippen MR) is 134 cm³/mol. The second-order valence-corrected chi connectivity index (χ2v) is 11.9. The fourth-order valence-electron chi connectivity index (χ4n) is 4.61. The molecule has 0 N–H and O–H groups in total. The van der Waals surface area contributed by atoms with Crippen LogP contribution in [0, 0.1) is 50.7 Å². The zero-order valence-electron chi connectivity index (χ0n) is 18.1. The topological polar surface area (TPSA) is 120 Å². The zero-order valence-corrected chi connectivity index (χ0v) is 20.5. The maximum Gasteiger partial charge on any atom is 0.219 e. The normalized spacial score (nSPS) is 16.9. The predicted octanol–water partition coefficient (Wildman–Crippen LogP) is 6.75. The highest BCUT2D eigenvalue weighted by atomic mass is 32.1. The van der Waals surface area contributed by atoms with E-state index in [9.17, 15) is 10.5 Å². The summed E-state index contributed by atoms with van der Waals surface area (Å²) in [6, 6.07) is 9.31. The largest absolute Gasteiger partial charge is 0.231 e. The lowest BCUT2D eigenvalue weighted by Crippen LogP contribution is -2.15. The molecule has 3 aromatic heterocycles. The molecular weight excluding hydrogens is 469 g/mol. The van der Waals surface area contributed by atoms with Gasteiger partial charge in [0, 0.05) is 20.4 Å². The molecule has 2 aliphatic rings. The number of hydrogen-bond acceptors (Lipinski definition) is 9. The molecule has 0 unspecified atom stereocenters. The minimum Gasteiger partial charge on any atom is -0.231 e.